The molecule has 5 nitrogen and oxygen atoms in total. The van der Waals surface area contributed by atoms with Gasteiger partial charge in [0, 0.05) is 25.4 Å². The second kappa shape index (κ2) is 11.1. The number of aliphatic hydroxyl groups is 1. The van der Waals surface area contributed by atoms with Crippen LogP contribution in [0.5, 0.6) is 0 Å². The molecule has 0 aliphatic heterocycles. The minimum Gasteiger partial charge on any atom is -0.454 e. The third-order valence-electron chi connectivity index (χ3n) is 9.78. The second-order valence-corrected chi connectivity index (χ2v) is 11.8. The minimum absolute atomic E-state index is 0.0433. The molecule has 0 bridgehead atoms. The molecule has 5 heteroatoms. The van der Waals surface area contributed by atoms with Crippen molar-refractivity contribution in [3.8, 4) is 0 Å². The topological polar surface area (TPSA) is 80.7 Å². The van der Waals surface area contributed by atoms with Gasteiger partial charge in [0.15, 0.2) is 11.9 Å². The lowest BCUT2D eigenvalue weighted by molar-refractivity contribution is -0.154. The van der Waals surface area contributed by atoms with E-state index in [1.54, 1.807) is 0 Å². The maximum Gasteiger partial charge on any atom is 0.303 e. The lowest BCUT2D eigenvalue weighted by Crippen LogP contribution is -2.51. The monoisotopic (exact) mass is 472 g/mol. The average Bonchev–Trinajstić information content (AvgIpc) is 3.10. The Morgan fingerprint density at radius 3 is 2.50 bits per heavy atom. The number of ketones is 2. The molecule has 0 aromatic heterocycles. The molecule has 4 aliphatic carbocycles. The molecule has 0 heterocycles. The number of aliphatic hydroxyl groups excluding tert-OH is 1. The van der Waals surface area contributed by atoms with Gasteiger partial charge in [0.05, 0.1) is 0 Å². The second-order valence-electron chi connectivity index (χ2n) is 11.8. The molecule has 0 radical (unpaired) electrons. The summed E-state index contributed by atoms with van der Waals surface area (Å²) in [5, 5.41) is 8.93. The lowest BCUT2D eigenvalue weighted by atomic mass is 9.49. The van der Waals surface area contributed by atoms with E-state index in [9.17, 15) is 14.4 Å². The van der Waals surface area contributed by atoms with Crippen molar-refractivity contribution >= 4 is 17.5 Å². The number of rotatable bonds is 10. The Kier molecular flexibility index (Phi) is 8.32. The molecule has 0 saturated heterocycles. The van der Waals surface area contributed by atoms with Crippen molar-refractivity contribution in [1.82, 2.24) is 0 Å². The van der Waals surface area contributed by atoms with E-state index in [2.05, 4.69) is 6.92 Å². The first-order valence-corrected chi connectivity index (χ1v) is 13.9. The Balaban J connectivity index is 1.46. The van der Waals surface area contributed by atoms with Gasteiger partial charge in [0.2, 0.25) is 0 Å². The highest BCUT2D eigenvalue weighted by Crippen LogP contribution is 2.62. The van der Waals surface area contributed by atoms with Crippen LogP contribution in [-0.2, 0) is 19.1 Å². The molecule has 0 spiro atoms. The number of Topliss-reactive ketones (excluding diaryl/α,β-unsaturated/α-hetero) is 1. The van der Waals surface area contributed by atoms with Crippen LogP contribution in [0.3, 0.4) is 0 Å². The fourth-order valence-electron chi connectivity index (χ4n) is 8.13. The normalized spacial score (nSPS) is 37.0. The molecule has 0 amide bonds. The zero-order valence-electron chi connectivity index (χ0n) is 21.2. The third-order valence-corrected chi connectivity index (χ3v) is 9.78. The van der Waals surface area contributed by atoms with E-state index in [0.29, 0.717) is 48.4 Å². The van der Waals surface area contributed by atoms with Gasteiger partial charge in [-0.3, -0.25) is 14.4 Å². The van der Waals surface area contributed by atoms with Crippen LogP contribution in [0.2, 0.25) is 0 Å². The van der Waals surface area contributed by atoms with Gasteiger partial charge in [-0.1, -0.05) is 51.0 Å². The van der Waals surface area contributed by atoms with Crippen LogP contribution in [0.15, 0.2) is 11.6 Å². The molecular weight excluding hydrogens is 428 g/mol. The van der Waals surface area contributed by atoms with Crippen molar-refractivity contribution in [2.24, 2.45) is 35.0 Å². The van der Waals surface area contributed by atoms with Crippen molar-refractivity contribution in [2.45, 2.75) is 110 Å². The van der Waals surface area contributed by atoms with Crippen molar-refractivity contribution in [3.05, 3.63) is 11.6 Å². The maximum atomic E-state index is 12.9. The highest BCUT2D eigenvalue weighted by atomic mass is 16.5. The van der Waals surface area contributed by atoms with Crippen LogP contribution in [0, 0.1) is 35.0 Å². The molecule has 190 valence electrons. The van der Waals surface area contributed by atoms with E-state index in [-0.39, 0.29) is 17.2 Å². The highest BCUT2D eigenvalue weighted by Gasteiger charge is 2.58. The van der Waals surface area contributed by atoms with Crippen LogP contribution >= 0.6 is 0 Å². The summed E-state index contributed by atoms with van der Waals surface area (Å²) in [5.41, 5.74) is 1.13. The Morgan fingerprint density at radius 2 is 1.79 bits per heavy atom. The van der Waals surface area contributed by atoms with Gasteiger partial charge in [-0.2, -0.15) is 0 Å². The maximum absolute atomic E-state index is 12.9. The Bertz CT molecular complexity index is 800. The van der Waals surface area contributed by atoms with Crippen molar-refractivity contribution in [3.63, 3.8) is 0 Å². The minimum atomic E-state index is -0.632. The fourth-order valence-corrected chi connectivity index (χ4v) is 8.13. The Morgan fingerprint density at radius 1 is 1.09 bits per heavy atom. The summed E-state index contributed by atoms with van der Waals surface area (Å²) in [6, 6.07) is 0. The van der Waals surface area contributed by atoms with Crippen LogP contribution < -0.4 is 0 Å². The number of esters is 1. The summed E-state index contributed by atoms with van der Waals surface area (Å²) in [6.45, 7) is 3.91. The molecule has 1 unspecified atom stereocenters. The van der Waals surface area contributed by atoms with Crippen LogP contribution in [-0.4, -0.2) is 35.4 Å². The van der Waals surface area contributed by atoms with E-state index < -0.39 is 6.10 Å². The first-order valence-electron chi connectivity index (χ1n) is 13.9. The number of ether oxygens (including phenoxy) is 1. The molecule has 0 aromatic carbocycles. The quantitative estimate of drug-likeness (QED) is 0.332. The Labute approximate surface area is 205 Å². The largest absolute Gasteiger partial charge is 0.454 e. The van der Waals surface area contributed by atoms with Gasteiger partial charge in [-0.25, -0.2) is 0 Å². The van der Waals surface area contributed by atoms with Gasteiger partial charge in [0.1, 0.15) is 5.78 Å². The zero-order valence-corrected chi connectivity index (χ0v) is 21.2. The molecule has 4 rings (SSSR count). The number of unbranched alkanes of at least 4 members (excludes halogenated alkanes) is 6. The van der Waals surface area contributed by atoms with Gasteiger partial charge in [-0.15, -0.1) is 0 Å². The predicted octanol–water partition coefficient (Wildman–Crippen LogP) is 5.58. The van der Waals surface area contributed by atoms with Crippen molar-refractivity contribution < 1.29 is 24.2 Å². The van der Waals surface area contributed by atoms with Crippen molar-refractivity contribution in [1.29, 1.82) is 0 Å². The third kappa shape index (κ3) is 5.20. The standard InChI is InChI=1S/C29H44O5/c1-19(31)34-26-18-23-21(17-25(26)32)16-20(10-8-6-4-3-5-7-9-15-30)28-22(23)13-14-29(2)24(28)11-12-27(29)33/h17,20,22-24,26,28,30H,3-16,18H2,1-2H3/t20-,22-,23+,24+,26?,28-,29+/m1/s1. The van der Waals surface area contributed by atoms with E-state index in [0.717, 1.165) is 44.9 Å². The van der Waals surface area contributed by atoms with E-state index in [1.807, 2.05) is 6.08 Å². The SMILES string of the molecule is CC(=O)OC1C[C@H]2C(=CC1=O)C[C@@H](CCCCCCCCCO)[C@@H]1[C@@H]2CC[C@]2(C)C(=O)CC[C@@H]12. The summed E-state index contributed by atoms with van der Waals surface area (Å²) in [5.74, 6) is 2.42. The zero-order chi connectivity index (χ0) is 24.3. The summed E-state index contributed by atoms with van der Waals surface area (Å²) >= 11 is 0. The summed E-state index contributed by atoms with van der Waals surface area (Å²) in [4.78, 5) is 37.2. The number of fused-ring (bicyclic) bond motifs is 5. The number of allylic oxidation sites excluding steroid dienone is 1. The molecule has 0 aromatic rings. The summed E-state index contributed by atoms with van der Waals surface area (Å²) < 4.78 is 5.41. The first kappa shape index (κ1) is 25.6. The smallest absolute Gasteiger partial charge is 0.303 e. The van der Waals surface area contributed by atoms with Gasteiger partial charge >= 0.3 is 5.97 Å². The number of hydrogen-bond donors (Lipinski definition) is 1. The van der Waals surface area contributed by atoms with E-state index in [4.69, 9.17) is 9.84 Å². The summed E-state index contributed by atoms with van der Waals surface area (Å²) in [6.07, 6.45) is 15.9. The van der Waals surface area contributed by atoms with Gasteiger partial charge in [0.25, 0.3) is 0 Å². The number of hydrogen-bond acceptors (Lipinski definition) is 5. The van der Waals surface area contributed by atoms with Gasteiger partial charge in [-0.05, 0) is 80.6 Å². The van der Waals surface area contributed by atoms with Crippen LogP contribution in [0.1, 0.15) is 104 Å². The first-order chi connectivity index (χ1) is 16.3. The van der Waals surface area contributed by atoms with Gasteiger partial charge < -0.3 is 9.84 Å². The predicted molar refractivity (Wildman–Crippen MR) is 131 cm³/mol. The molecule has 3 saturated carbocycles. The summed E-state index contributed by atoms with van der Waals surface area (Å²) in [7, 11) is 0. The molecule has 34 heavy (non-hydrogen) atoms. The fraction of sp³-hybridized carbons (Fsp3) is 0.828. The molecule has 1 N–H and O–H groups in total. The van der Waals surface area contributed by atoms with Crippen molar-refractivity contribution in [2.75, 3.05) is 6.61 Å². The van der Waals surface area contributed by atoms with Crippen LogP contribution in [0.4, 0.5) is 0 Å². The number of carbonyl (C=O) groups is 3. The molecule has 3 fully saturated rings. The van der Waals surface area contributed by atoms with E-state index >= 15 is 0 Å². The molecule has 4 aliphatic rings. The van der Waals surface area contributed by atoms with E-state index in [1.165, 1.54) is 51.0 Å². The molecule has 7 atom stereocenters. The number of carbonyl (C=O) groups excluding carboxylic acids is 3. The average molecular weight is 473 g/mol. The lowest BCUT2D eigenvalue weighted by Gasteiger charge is -2.55. The molecular formula is C29H44O5. The Hall–Kier alpha value is -1.49. The highest BCUT2D eigenvalue weighted by molar-refractivity contribution is 5.96. The van der Waals surface area contributed by atoms with Crippen LogP contribution in [0.25, 0.3) is 0 Å².